The number of benzene rings is 1. The quantitative estimate of drug-likeness (QED) is 0.313. The highest BCUT2D eigenvalue weighted by molar-refractivity contribution is 14.0. The first-order chi connectivity index (χ1) is 12.9. The third-order valence-corrected chi connectivity index (χ3v) is 6.67. The summed E-state index contributed by atoms with van der Waals surface area (Å²) in [6.45, 7) is 5.97. The molecule has 1 aromatic rings. The van der Waals surface area contributed by atoms with Crippen LogP contribution in [0.25, 0.3) is 0 Å². The Labute approximate surface area is 190 Å². The summed E-state index contributed by atoms with van der Waals surface area (Å²) in [6.07, 6.45) is 1.52. The summed E-state index contributed by atoms with van der Waals surface area (Å²) in [6, 6.07) is 5.69. The van der Waals surface area contributed by atoms with Crippen molar-refractivity contribution in [2.75, 3.05) is 32.5 Å². The lowest BCUT2D eigenvalue weighted by molar-refractivity contribution is 0.306. The predicted molar refractivity (Wildman–Crippen MR) is 125 cm³/mol. The average molecular weight is 545 g/mol. The van der Waals surface area contributed by atoms with Crippen LogP contribution in [0.15, 0.2) is 23.2 Å². The van der Waals surface area contributed by atoms with Gasteiger partial charge in [-0.2, -0.15) is 0 Å². The molecule has 28 heavy (non-hydrogen) atoms. The zero-order valence-electron chi connectivity index (χ0n) is 16.6. The Hall–Kier alpha value is -0.780. The minimum absolute atomic E-state index is 0. The van der Waals surface area contributed by atoms with Crippen molar-refractivity contribution in [1.29, 1.82) is 0 Å². The number of halogens is 2. The Kier molecular flexibility index (Phi) is 10.9. The number of aliphatic imine (C=N–C) groups is 1. The van der Waals surface area contributed by atoms with E-state index in [4.69, 9.17) is 16.3 Å². The van der Waals surface area contributed by atoms with Crippen LogP contribution in [0.4, 0.5) is 0 Å². The van der Waals surface area contributed by atoms with E-state index in [0.717, 1.165) is 24.9 Å². The number of methoxy groups -OCH3 is 1. The summed E-state index contributed by atoms with van der Waals surface area (Å²) in [7, 11) is -1.49. The maximum atomic E-state index is 12.0. The Morgan fingerprint density at radius 2 is 2.00 bits per heavy atom. The lowest BCUT2D eigenvalue weighted by Crippen LogP contribution is -2.50. The summed E-state index contributed by atoms with van der Waals surface area (Å²) in [5.41, 5.74) is 0.947. The third-order valence-electron chi connectivity index (χ3n) is 4.55. The number of ether oxygens (including phenoxy) is 1. The first kappa shape index (κ1) is 25.3. The lowest BCUT2D eigenvalue weighted by atomic mass is 10.1. The summed E-state index contributed by atoms with van der Waals surface area (Å²) < 4.78 is 30.9. The molecule has 0 aliphatic carbocycles. The van der Waals surface area contributed by atoms with Crippen LogP contribution in [0, 0.1) is 0 Å². The molecule has 1 fully saturated rings. The Morgan fingerprint density at radius 1 is 1.32 bits per heavy atom. The number of sulfonamides is 1. The molecule has 1 aliphatic heterocycles. The van der Waals surface area contributed by atoms with Crippen molar-refractivity contribution in [2.45, 2.75) is 39.3 Å². The molecule has 0 aromatic heterocycles. The monoisotopic (exact) mass is 544 g/mol. The fraction of sp³-hybridized carbons (Fsp3) is 0.611. The SMILES string of the molecule is CCNC(=NCc1ccc(Cl)cc1OC)NC1CCN(S(=O)(=O)CC)CC1.I. The smallest absolute Gasteiger partial charge is 0.213 e. The van der Waals surface area contributed by atoms with Crippen molar-refractivity contribution in [3.8, 4) is 5.75 Å². The van der Waals surface area contributed by atoms with E-state index in [2.05, 4.69) is 15.6 Å². The molecule has 0 bridgehead atoms. The molecule has 10 heteroatoms. The molecule has 2 rings (SSSR count). The summed E-state index contributed by atoms with van der Waals surface area (Å²) >= 11 is 6.00. The van der Waals surface area contributed by atoms with Crippen molar-refractivity contribution in [3.63, 3.8) is 0 Å². The predicted octanol–water partition coefficient (Wildman–Crippen LogP) is 2.84. The van der Waals surface area contributed by atoms with Gasteiger partial charge in [-0.3, -0.25) is 0 Å². The fourth-order valence-electron chi connectivity index (χ4n) is 2.99. The molecule has 1 aliphatic rings. The van der Waals surface area contributed by atoms with Crippen LogP contribution in [0.1, 0.15) is 32.3 Å². The van der Waals surface area contributed by atoms with Gasteiger partial charge in [0.25, 0.3) is 0 Å². The van der Waals surface area contributed by atoms with E-state index < -0.39 is 10.0 Å². The van der Waals surface area contributed by atoms with E-state index in [-0.39, 0.29) is 35.8 Å². The normalized spacial score (nSPS) is 16.4. The van der Waals surface area contributed by atoms with Gasteiger partial charge in [0.1, 0.15) is 5.75 Å². The van der Waals surface area contributed by atoms with E-state index in [9.17, 15) is 8.42 Å². The average Bonchev–Trinajstić information content (AvgIpc) is 2.67. The van der Waals surface area contributed by atoms with Crippen LogP contribution < -0.4 is 15.4 Å². The highest BCUT2D eigenvalue weighted by atomic mass is 127. The largest absolute Gasteiger partial charge is 0.496 e. The van der Waals surface area contributed by atoms with Crippen molar-refractivity contribution >= 4 is 51.6 Å². The Morgan fingerprint density at radius 3 is 2.57 bits per heavy atom. The minimum atomic E-state index is -3.11. The van der Waals surface area contributed by atoms with E-state index in [1.54, 1.807) is 24.4 Å². The molecule has 0 radical (unpaired) electrons. The molecule has 0 amide bonds. The first-order valence-corrected chi connectivity index (χ1v) is 11.2. The standard InChI is InChI=1S/C18H29ClN4O3S.HI/c1-4-20-18(21-13-14-6-7-15(19)12-17(14)26-3)22-16-8-10-23(11-9-16)27(24,25)5-2;/h6-7,12,16H,4-5,8-11,13H2,1-3H3,(H2,20,21,22);1H. The van der Waals surface area contributed by atoms with Crippen LogP contribution in [-0.2, 0) is 16.6 Å². The van der Waals surface area contributed by atoms with Crippen molar-refractivity contribution in [1.82, 2.24) is 14.9 Å². The Balaban J connectivity index is 0.00000392. The number of nitrogens with one attached hydrogen (secondary N) is 2. The second kappa shape index (κ2) is 12.0. The van der Waals surface area contributed by atoms with Gasteiger partial charge < -0.3 is 15.4 Å². The van der Waals surface area contributed by atoms with Gasteiger partial charge in [0.15, 0.2) is 5.96 Å². The molecular formula is C18H30ClIN4O3S. The lowest BCUT2D eigenvalue weighted by Gasteiger charge is -2.32. The van der Waals surface area contributed by atoms with Crippen LogP contribution >= 0.6 is 35.6 Å². The molecule has 1 heterocycles. The number of nitrogens with zero attached hydrogens (tertiary/aromatic N) is 2. The van der Waals surface area contributed by atoms with Gasteiger partial charge in [-0.1, -0.05) is 17.7 Å². The number of piperidine rings is 1. The Bertz CT molecular complexity index is 753. The van der Waals surface area contributed by atoms with Crippen LogP contribution in [-0.4, -0.2) is 57.2 Å². The molecule has 1 aromatic carbocycles. The van der Waals surface area contributed by atoms with Crippen LogP contribution in [0.5, 0.6) is 5.75 Å². The third kappa shape index (κ3) is 7.23. The highest BCUT2D eigenvalue weighted by Gasteiger charge is 2.27. The van der Waals surface area contributed by atoms with Crippen molar-refractivity contribution in [3.05, 3.63) is 28.8 Å². The van der Waals surface area contributed by atoms with Gasteiger partial charge in [0, 0.05) is 36.3 Å². The van der Waals surface area contributed by atoms with Crippen LogP contribution in [0.3, 0.4) is 0 Å². The highest BCUT2D eigenvalue weighted by Crippen LogP contribution is 2.23. The van der Waals surface area contributed by atoms with Crippen molar-refractivity contribution in [2.24, 2.45) is 4.99 Å². The van der Waals surface area contributed by atoms with E-state index >= 15 is 0 Å². The van der Waals surface area contributed by atoms with E-state index in [1.165, 1.54) is 0 Å². The van der Waals surface area contributed by atoms with Crippen molar-refractivity contribution < 1.29 is 13.2 Å². The molecule has 0 unspecified atom stereocenters. The second-order valence-electron chi connectivity index (χ2n) is 6.37. The van der Waals surface area contributed by atoms with Gasteiger partial charge in [-0.05, 0) is 38.8 Å². The zero-order valence-corrected chi connectivity index (χ0v) is 20.5. The van der Waals surface area contributed by atoms with Gasteiger partial charge in [0.05, 0.1) is 19.4 Å². The molecule has 0 saturated carbocycles. The molecular weight excluding hydrogens is 515 g/mol. The summed E-state index contributed by atoms with van der Waals surface area (Å²) in [4.78, 5) is 4.64. The first-order valence-electron chi connectivity index (χ1n) is 9.24. The van der Waals surface area contributed by atoms with E-state index in [0.29, 0.717) is 36.4 Å². The summed E-state index contributed by atoms with van der Waals surface area (Å²) in [5, 5.41) is 7.28. The number of rotatable bonds is 7. The fourth-order valence-corrected chi connectivity index (χ4v) is 4.28. The minimum Gasteiger partial charge on any atom is -0.496 e. The molecule has 0 atom stereocenters. The topological polar surface area (TPSA) is 83.0 Å². The molecule has 1 saturated heterocycles. The second-order valence-corrected chi connectivity index (χ2v) is 9.06. The number of hydrogen-bond acceptors (Lipinski definition) is 4. The van der Waals surface area contributed by atoms with Gasteiger partial charge >= 0.3 is 0 Å². The summed E-state index contributed by atoms with van der Waals surface area (Å²) in [5.74, 6) is 1.57. The number of hydrogen-bond donors (Lipinski definition) is 2. The zero-order chi connectivity index (χ0) is 19.9. The number of guanidine groups is 1. The molecule has 160 valence electrons. The van der Waals surface area contributed by atoms with Gasteiger partial charge in [-0.15, -0.1) is 24.0 Å². The van der Waals surface area contributed by atoms with Gasteiger partial charge in [0.2, 0.25) is 10.0 Å². The maximum absolute atomic E-state index is 12.0. The van der Waals surface area contributed by atoms with Crippen LogP contribution in [0.2, 0.25) is 5.02 Å². The molecule has 0 spiro atoms. The van der Waals surface area contributed by atoms with E-state index in [1.807, 2.05) is 19.1 Å². The van der Waals surface area contributed by atoms with Gasteiger partial charge in [-0.25, -0.2) is 17.7 Å². The molecule has 2 N–H and O–H groups in total. The molecule has 7 nitrogen and oxygen atoms in total. The maximum Gasteiger partial charge on any atom is 0.213 e.